The molecule has 0 spiro atoms. The molecule has 8 nitrogen and oxygen atoms in total. The van der Waals surface area contributed by atoms with E-state index in [1.54, 1.807) is 16.8 Å². The van der Waals surface area contributed by atoms with Crippen LogP contribution < -0.4 is 4.90 Å². The third-order valence-corrected chi connectivity index (χ3v) is 6.62. The second-order valence-corrected chi connectivity index (χ2v) is 8.88. The van der Waals surface area contributed by atoms with Gasteiger partial charge in [0.05, 0.1) is 6.54 Å². The summed E-state index contributed by atoms with van der Waals surface area (Å²) in [5, 5.41) is 1.18. The summed E-state index contributed by atoms with van der Waals surface area (Å²) in [4.78, 5) is 41.7. The number of carbonyl (C=O) groups is 2. The van der Waals surface area contributed by atoms with Gasteiger partial charge in [0.25, 0.3) is 5.91 Å². The van der Waals surface area contributed by atoms with Crippen molar-refractivity contribution in [3.05, 3.63) is 53.1 Å². The fourth-order valence-corrected chi connectivity index (χ4v) is 4.82. The van der Waals surface area contributed by atoms with E-state index in [9.17, 15) is 9.59 Å². The first-order valence-corrected chi connectivity index (χ1v) is 11.6. The Kier molecular flexibility index (Phi) is 5.85. The SMILES string of the molecule is Cc1nc(CN(C)C(=O)[C@H]2CCCO2)nc2c1CCC(=O)N2CCc1c[nH]c2ccccc12. The van der Waals surface area contributed by atoms with Crippen molar-refractivity contribution in [1.29, 1.82) is 0 Å². The lowest BCUT2D eigenvalue weighted by atomic mass is 10.0. The molecule has 0 bridgehead atoms. The lowest BCUT2D eigenvalue weighted by Gasteiger charge is -2.30. The summed E-state index contributed by atoms with van der Waals surface area (Å²) in [6.07, 6.45) is 5.14. The van der Waals surface area contributed by atoms with Crippen molar-refractivity contribution >= 4 is 28.5 Å². The number of hydrogen-bond donors (Lipinski definition) is 1. The molecule has 0 saturated carbocycles. The Morgan fingerprint density at radius 2 is 2.12 bits per heavy atom. The molecule has 1 N–H and O–H groups in total. The van der Waals surface area contributed by atoms with Crippen molar-refractivity contribution < 1.29 is 14.3 Å². The first-order valence-electron chi connectivity index (χ1n) is 11.6. The maximum absolute atomic E-state index is 12.9. The molecule has 1 saturated heterocycles. The Hall–Kier alpha value is -3.26. The molecule has 0 radical (unpaired) electrons. The predicted molar refractivity (Wildman–Crippen MR) is 125 cm³/mol. The molecule has 8 heteroatoms. The predicted octanol–water partition coefficient (Wildman–Crippen LogP) is 2.93. The molecule has 172 valence electrons. The van der Waals surface area contributed by atoms with Crippen LogP contribution in [0.1, 0.15) is 41.9 Å². The molecule has 3 aromatic rings. The van der Waals surface area contributed by atoms with Crippen molar-refractivity contribution in [2.45, 2.75) is 51.7 Å². The molecular weight excluding hydrogens is 418 g/mol. The third kappa shape index (κ3) is 4.23. The second kappa shape index (κ2) is 8.94. The van der Waals surface area contributed by atoms with E-state index < -0.39 is 0 Å². The molecule has 1 aromatic carbocycles. The van der Waals surface area contributed by atoms with Gasteiger partial charge in [0.15, 0.2) is 0 Å². The van der Waals surface area contributed by atoms with Crippen molar-refractivity contribution in [2.24, 2.45) is 0 Å². The molecule has 0 unspecified atom stereocenters. The highest BCUT2D eigenvalue weighted by Crippen LogP contribution is 2.29. The number of para-hydroxylation sites is 1. The van der Waals surface area contributed by atoms with Gasteiger partial charge in [0.2, 0.25) is 5.91 Å². The number of nitrogens with one attached hydrogen (secondary N) is 1. The Balaban J connectivity index is 1.37. The largest absolute Gasteiger partial charge is 0.368 e. The van der Waals surface area contributed by atoms with Crippen LogP contribution in [-0.2, 0) is 33.7 Å². The van der Waals surface area contributed by atoms with E-state index in [1.165, 1.54) is 10.9 Å². The molecule has 33 heavy (non-hydrogen) atoms. The highest BCUT2D eigenvalue weighted by atomic mass is 16.5. The van der Waals surface area contributed by atoms with Gasteiger partial charge in [0, 0.05) is 55.0 Å². The first kappa shape index (κ1) is 21.6. The van der Waals surface area contributed by atoms with Gasteiger partial charge < -0.3 is 14.6 Å². The van der Waals surface area contributed by atoms with Crippen molar-refractivity contribution in [3.8, 4) is 0 Å². The number of amides is 2. The number of rotatable bonds is 6. The zero-order valence-corrected chi connectivity index (χ0v) is 19.1. The van der Waals surface area contributed by atoms with Crippen LogP contribution in [0, 0.1) is 6.92 Å². The van der Waals surface area contributed by atoms with E-state index in [2.05, 4.69) is 22.1 Å². The molecule has 1 atom stereocenters. The third-order valence-electron chi connectivity index (χ3n) is 6.62. The molecule has 0 aliphatic carbocycles. The fraction of sp³-hybridized carbons (Fsp3) is 0.440. The van der Waals surface area contributed by atoms with Crippen LogP contribution in [0.25, 0.3) is 10.9 Å². The number of fused-ring (bicyclic) bond motifs is 2. The zero-order valence-electron chi connectivity index (χ0n) is 19.1. The Morgan fingerprint density at radius 3 is 2.94 bits per heavy atom. The topological polar surface area (TPSA) is 91.4 Å². The Labute approximate surface area is 193 Å². The molecule has 4 heterocycles. The van der Waals surface area contributed by atoms with Crippen molar-refractivity contribution in [2.75, 3.05) is 25.1 Å². The van der Waals surface area contributed by atoms with Crippen LogP contribution in [-0.4, -0.2) is 58.0 Å². The van der Waals surface area contributed by atoms with Crippen LogP contribution in [0.5, 0.6) is 0 Å². The van der Waals surface area contributed by atoms with E-state index in [1.807, 2.05) is 25.3 Å². The molecule has 2 aliphatic rings. The monoisotopic (exact) mass is 447 g/mol. The minimum atomic E-state index is -0.372. The maximum Gasteiger partial charge on any atom is 0.251 e. The number of aromatic amines is 1. The van der Waals surface area contributed by atoms with Gasteiger partial charge in [-0.05, 0) is 44.2 Å². The summed E-state index contributed by atoms with van der Waals surface area (Å²) >= 11 is 0. The number of anilines is 1. The summed E-state index contributed by atoms with van der Waals surface area (Å²) in [6.45, 7) is 3.43. The number of aromatic nitrogens is 3. The van der Waals surface area contributed by atoms with Crippen molar-refractivity contribution in [3.63, 3.8) is 0 Å². The molecular formula is C25H29N5O3. The van der Waals surface area contributed by atoms with Gasteiger partial charge in [0.1, 0.15) is 17.7 Å². The number of ether oxygens (including phenoxy) is 1. The Bertz CT molecular complexity index is 1200. The van der Waals surface area contributed by atoms with E-state index in [-0.39, 0.29) is 24.5 Å². The second-order valence-electron chi connectivity index (χ2n) is 8.88. The number of carbonyl (C=O) groups excluding carboxylic acids is 2. The van der Waals surface area contributed by atoms with E-state index >= 15 is 0 Å². The fourth-order valence-electron chi connectivity index (χ4n) is 4.82. The summed E-state index contributed by atoms with van der Waals surface area (Å²) in [5.74, 6) is 1.27. The quantitative estimate of drug-likeness (QED) is 0.627. The highest BCUT2D eigenvalue weighted by Gasteiger charge is 2.30. The lowest BCUT2D eigenvalue weighted by Crippen LogP contribution is -2.39. The van der Waals surface area contributed by atoms with Crippen LogP contribution in [0.15, 0.2) is 30.5 Å². The Morgan fingerprint density at radius 1 is 1.27 bits per heavy atom. The summed E-state index contributed by atoms with van der Waals surface area (Å²) in [7, 11) is 1.75. The van der Waals surface area contributed by atoms with Gasteiger partial charge in [-0.3, -0.25) is 14.5 Å². The molecule has 1 fully saturated rings. The first-order chi connectivity index (χ1) is 16.0. The average molecular weight is 448 g/mol. The molecule has 5 rings (SSSR count). The minimum absolute atomic E-state index is 0.0428. The number of nitrogens with zero attached hydrogens (tertiary/aromatic N) is 4. The molecule has 2 aromatic heterocycles. The summed E-state index contributed by atoms with van der Waals surface area (Å²) in [5.41, 5.74) is 4.17. The van der Waals surface area contributed by atoms with Crippen LogP contribution >= 0.6 is 0 Å². The van der Waals surface area contributed by atoms with Gasteiger partial charge in [-0.2, -0.15) is 0 Å². The van der Waals surface area contributed by atoms with Crippen LogP contribution in [0.2, 0.25) is 0 Å². The molecule has 2 amide bonds. The lowest BCUT2D eigenvalue weighted by molar-refractivity contribution is -0.140. The van der Waals surface area contributed by atoms with Gasteiger partial charge >= 0.3 is 0 Å². The van der Waals surface area contributed by atoms with E-state index in [0.717, 1.165) is 36.0 Å². The van der Waals surface area contributed by atoms with Crippen molar-refractivity contribution in [1.82, 2.24) is 19.9 Å². The average Bonchev–Trinajstić information content (AvgIpc) is 3.48. The maximum atomic E-state index is 12.9. The minimum Gasteiger partial charge on any atom is -0.368 e. The highest BCUT2D eigenvalue weighted by molar-refractivity contribution is 5.95. The van der Waals surface area contributed by atoms with Gasteiger partial charge in [-0.15, -0.1) is 0 Å². The van der Waals surface area contributed by atoms with E-state index in [0.29, 0.717) is 37.6 Å². The smallest absolute Gasteiger partial charge is 0.251 e. The van der Waals surface area contributed by atoms with Gasteiger partial charge in [-0.25, -0.2) is 9.97 Å². The zero-order chi connectivity index (χ0) is 22.9. The standard InChI is InChI=1S/C25H29N5O3/c1-16-18-9-10-23(31)30(12-11-17-14-26-20-7-4-3-6-19(17)20)24(18)28-22(27-16)15-29(2)25(32)21-8-5-13-33-21/h3-4,6-7,14,21,26H,5,8-13,15H2,1-2H3/t21-/m1/s1. The number of H-pyrrole nitrogens is 1. The van der Waals surface area contributed by atoms with Crippen LogP contribution in [0.3, 0.4) is 0 Å². The van der Waals surface area contributed by atoms with E-state index in [4.69, 9.17) is 9.72 Å². The molecule has 2 aliphatic heterocycles. The number of benzene rings is 1. The number of hydrogen-bond acceptors (Lipinski definition) is 5. The van der Waals surface area contributed by atoms with Gasteiger partial charge in [-0.1, -0.05) is 18.2 Å². The normalized spacial score (nSPS) is 18.1. The summed E-state index contributed by atoms with van der Waals surface area (Å²) in [6, 6.07) is 8.18. The van der Waals surface area contributed by atoms with Crippen LogP contribution in [0.4, 0.5) is 5.82 Å². The summed E-state index contributed by atoms with van der Waals surface area (Å²) < 4.78 is 5.53. The number of likely N-dealkylation sites (N-methyl/N-ethyl adjacent to an activating group) is 1. The number of aryl methyl sites for hydroxylation is 1.